The number of piperidine rings is 1. The van der Waals surface area contributed by atoms with Crippen LogP contribution in [-0.2, 0) is 6.18 Å². The summed E-state index contributed by atoms with van der Waals surface area (Å²) in [6, 6.07) is 23.0. The molecule has 5 rings (SSSR count). The van der Waals surface area contributed by atoms with Crippen molar-refractivity contribution in [3.05, 3.63) is 89.5 Å². The van der Waals surface area contributed by atoms with Crippen molar-refractivity contribution in [2.45, 2.75) is 56.5 Å². The molecule has 2 aliphatic rings. The van der Waals surface area contributed by atoms with E-state index in [1.807, 2.05) is 0 Å². The molecule has 190 valence electrons. The zero-order chi connectivity index (χ0) is 25.0. The van der Waals surface area contributed by atoms with Crippen LogP contribution in [0.15, 0.2) is 72.8 Å². The molecule has 5 heteroatoms. The van der Waals surface area contributed by atoms with Gasteiger partial charge in [-0.25, -0.2) is 0 Å². The van der Waals surface area contributed by atoms with Crippen molar-refractivity contribution < 1.29 is 17.9 Å². The summed E-state index contributed by atoms with van der Waals surface area (Å²) in [5.41, 5.74) is 4.67. The highest BCUT2D eigenvalue weighted by Crippen LogP contribution is 2.38. The Kier molecular flexibility index (Phi) is 7.66. The predicted molar refractivity (Wildman–Crippen MR) is 138 cm³/mol. The fourth-order valence-electron chi connectivity index (χ4n) is 5.76. The van der Waals surface area contributed by atoms with Crippen molar-refractivity contribution in [3.8, 4) is 16.9 Å². The Balaban J connectivity index is 1.18. The van der Waals surface area contributed by atoms with E-state index in [1.165, 1.54) is 53.6 Å². The van der Waals surface area contributed by atoms with Gasteiger partial charge in [0.25, 0.3) is 0 Å². The van der Waals surface area contributed by atoms with Crippen LogP contribution in [0.25, 0.3) is 11.1 Å². The zero-order valence-electron chi connectivity index (χ0n) is 20.6. The summed E-state index contributed by atoms with van der Waals surface area (Å²) in [6.07, 6.45) is 2.62. The number of alkyl halides is 3. The van der Waals surface area contributed by atoms with Crippen molar-refractivity contribution >= 4 is 0 Å². The van der Waals surface area contributed by atoms with Gasteiger partial charge < -0.3 is 10.1 Å². The number of ether oxygens (including phenoxy) is 1. The molecule has 1 aliphatic heterocycles. The minimum absolute atomic E-state index is 0.409. The molecule has 0 aromatic heterocycles. The van der Waals surface area contributed by atoms with E-state index < -0.39 is 11.7 Å². The molecule has 3 unspecified atom stereocenters. The summed E-state index contributed by atoms with van der Waals surface area (Å²) in [4.78, 5) is 0. The maximum atomic E-state index is 12.8. The zero-order valence-corrected chi connectivity index (χ0v) is 20.6. The maximum Gasteiger partial charge on any atom is 0.416 e. The molecule has 0 spiro atoms. The van der Waals surface area contributed by atoms with Crippen LogP contribution in [0.4, 0.5) is 13.2 Å². The van der Waals surface area contributed by atoms with Gasteiger partial charge in [0.05, 0.1) is 12.2 Å². The van der Waals surface area contributed by atoms with Crippen molar-refractivity contribution in [3.63, 3.8) is 0 Å². The second-order valence-electron chi connectivity index (χ2n) is 10.4. The lowest BCUT2D eigenvalue weighted by Crippen LogP contribution is -2.28. The Morgan fingerprint density at radius 2 is 1.56 bits per heavy atom. The van der Waals surface area contributed by atoms with Crippen LogP contribution in [0, 0.1) is 5.92 Å². The fraction of sp³-hybridized carbons (Fsp3) is 0.419. The number of hydrogen-bond donors (Lipinski definition) is 1. The second-order valence-corrected chi connectivity index (χ2v) is 10.4. The van der Waals surface area contributed by atoms with E-state index in [9.17, 15) is 13.2 Å². The topological polar surface area (TPSA) is 21.3 Å². The summed E-state index contributed by atoms with van der Waals surface area (Å²) < 4.78 is 44.2. The third-order valence-corrected chi connectivity index (χ3v) is 7.82. The Morgan fingerprint density at radius 1 is 0.778 bits per heavy atom. The molecular formula is C31H34F3NO. The van der Waals surface area contributed by atoms with Crippen molar-refractivity contribution in [2.75, 3.05) is 19.7 Å². The largest absolute Gasteiger partial charge is 0.493 e. The molecule has 0 amide bonds. The number of nitrogens with one attached hydrogen (secondary N) is 1. The lowest BCUT2D eigenvalue weighted by Gasteiger charge is -2.29. The quantitative estimate of drug-likeness (QED) is 0.374. The lowest BCUT2D eigenvalue weighted by molar-refractivity contribution is -0.137. The van der Waals surface area contributed by atoms with Crippen LogP contribution in [0.1, 0.15) is 67.1 Å². The highest BCUT2D eigenvalue weighted by atomic mass is 19.4. The SMILES string of the molecule is FC(F)(F)c1ccc(OCC2CCCC(c3ccc(-c4cccc(C5CCCNC5)c4)cc3)C2)cc1. The molecule has 1 heterocycles. The minimum Gasteiger partial charge on any atom is -0.493 e. The number of rotatable bonds is 6. The maximum absolute atomic E-state index is 12.8. The molecule has 1 aliphatic carbocycles. The van der Waals surface area contributed by atoms with E-state index in [2.05, 4.69) is 53.8 Å². The fourth-order valence-corrected chi connectivity index (χ4v) is 5.76. The van der Waals surface area contributed by atoms with E-state index in [1.54, 1.807) is 0 Å². The lowest BCUT2D eigenvalue weighted by atomic mass is 9.78. The van der Waals surface area contributed by atoms with E-state index in [0.717, 1.165) is 44.5 Å². The normalized spacial score (nSPS) is 22.8. The molecule has 3 aromatic carbocycles. The summed E-state index contributed by atoms with van der Waals surface area (Å²) in [5, 5.41) is 3.52. The first-order valence-corrected chi connectivity index (χ1v) is 13.2. The van der Waals surface area contributed by atoms with Crippen LogP contribution in [0.5, 0.6) is 5.75 Å². The third kappa shape index (κ3) is 6.12. The van der Waals surface area contributed by atoms with Gasteiger partial charge in [-0.05, 0) is 103 Å². The van der Waals surface area contributed by atoms with Gasteiger partial charge >= 0.3 is 6.18 Å². The molecule has 0 radical (unpaired) electrons. The predicted octanol–water partition coefficient (Wildman–Crippen LogP) is 8.19. The van der Waals surface area contributed by atoms with Gasteiger partial charge in [-0.3, -0.25) is 0 Å². The second kappa shape index (κ2) is 11.1. The molecule has 2 nitrogen and oxygen atoms in total. The highest BCUT2D eigenvalue weighted by molar-refractivity contribution is 5.64. The van der Waals surface area contributed by atoms with Crippen molar-refractivity contribution in [1.82, 2.24) is 5.32 Å². The third-order valence-electron chi connectivity index (χ3n) is 7.82. The number of benzene rings is 3. The van der Waals surface area contributed by atoms with Crippen LogP contribution < -0.4 is 10.1 Å². The van der Waals surface area contributed by atoms with Gasteiger partial charge in [-0.1, -0.05) is 55.0 Å². The summed E-state index contributed by atoms with van der Waals surface area (Å²) in [5.74, 6) is 2.00. The molecule has 1 saturated heterocycles. The average molecular weight is 494 g/mol. The Morgan fingerprint density at radius 3 is 2.28 bits per heavy atom. The average Bonchev–Trinajstić information content (AvgIpc) is 2.92. The van der Waals surface area contributed by atoms with Gasteiger partial charge in [0.2, 0.25) is 0 Å². The van der Waals surface area contributed by atoms with Gasteiger partial charge in [0.15, 0.2) is 0 Å². The van der Waals surface area contributed by atoms with E-state index in [-0.39, 0.29) is 0 Å². The van der Waals surface area contributed by atoms with Crippen LogP contribution in [0.3, 0.4) is 0 Å². The molecule has 0 bridgehead atoms. The van der Waals surface area contributed by atoms with E-state index in [0.29, 0.717) is 30.1 Å². The first-order chi connectivity index (χ1) is 17.5. The standard InChI is InChI=1S/C31H34F3NO/c32-31(33,34)29-13-15-30(16-14-29)36-21-22-4-1-5-25(18-22)23-9-11-24(12-10-23)26-6-2-7-27(19-26)28-8-3-17-35-20-28/h2,6-7,9-16,19,22,25,28,35H,1,3-5,8,17-18,20-21H2. The monoisotopic (exact) mass is 493 g/mol. The molecule has 2 fully saturated rings. The van der Waals surface area contributed by atoms with E-state index in [4.69, 9.17) is 4.74 Å². The minimum atomic E-state index is -4.32. The van der Waals surface area contributed by atoms with Crippen LogP contribution >= 0.6 is 0 Å². The summed E-state index contributed by atoms with van der Waals surface area (Å²) >= 11 is 0. The smallest absolute Gasteiger partial charge is 0.416 e. The van der Waals surface area contributed by atoms with Gasteiger partial charge in [-0.15, -0.1) is 0 Å². The Labute approximate surface area is 211 Å². The summed E-state index contributed by atoms with van der Waals surface area (Å²) in [7, 11) is 0. The van der Waals surface area contributed by atoms with Gasteiger partial charge in [0.1, 0.15) is 5.75 Å². The first kappa shape index (κ1) is 24.9. The molecule has 36 heavy (non-hydrogen) atoms. The first-order valence-electron chi connectivity index (χ1n) is 13.2. The Bertz CT molecular complexity index is 1120. The van der Waals surface area contributed by atoms with Crippen molar-refractivity contribution in [1.29, 1.82) is 0 Å². The van der Waals surface area contributed by atoms with Gasteiger partial charge in [-0.2, -0.15) is 13.2 Å². The van der Waals surface area contributed by atoms with Crippen molar-refractivity contribution in [2.24, 2.45) is 5.92 Å². The molecule has 1 N–H and O–H groups in total. The van der Waals surface area contributed by atoms with E-state index >= 15 is 0 Å². The molecular weight excluding hydrogens is 459 g/mol. The number of hydrogen-bond acceptors (Lipinski definition) is 2. The number of halogens is 3. The molecule has 1 saturated carbocycles. The van der Waals surface area contributed by atoms with Crippen LogP contribution in [0.2, 0.25) is 0 Å². The summed E-state index contributed by atoms with van der Waals surface area (Å²) in [6.45, 7) is 2.73. The molecule has 3 atom stereocenters. The highest BCUT2D eigenvalue weighted by Gasteiger charge is 2.30. The molecule has 3 aromatic rings. The van der Waals surface area contributed by atoms with Crippen LogP contribution in [-0.4, -0.2) is 19.7 Å². The van der Waals surface area contributed by atoms with Gasteiger partial charge in [0, 0.05) is 6.54 Å². The Hall–Kier alpha value is -2.79.